The number of hydrogen-bond acceptors (Lipinski definition) is 6. The van der Waals surface area contributed by atoms with Crippen molar-refractivity contribution in [3.05, 3.63) is 16.1 Å². The van der Waals surface area contributed by atoms with Crippen molar-refractivity contribution in [2.24, 2.45) is 11.8 Å². The van der Waals surface area contributed by atoms with Crippen LogP contribution in [0.25, 0.3) is 0 Å². The molecule has 1 atom stereocenters. The molecule has 3 heterocycles. The number of hydrogen-bond donors (Lipinski definition) is 1. The minimum atomic E-state index is -0.273. The highest BCUT2D eigenvalue weighted by atomic mass is 32.1. The Kier molecular flexibility index (Phi) is 6.02. The molecule has 1 unspecified atom stereocenters. The van der Waals surface area contributed by atoms with Crippen LogP contribution in [0.4, 0.5) is 0 Å². The fourth-order valence-corrected chi connectivity index (χ4v) is 4.62. The lowest BCUT2D eigenvalue weighted by Gasteiger charge is -2.35. The van der Waals surface area contributed by atoms with E-state index in [1.165, 1.54) is 76.9 Å². The molecule has 2 aliphatic rings. The summed E-state index contributed by atoms with van der Waals surface area (Å²) in [6.45, 7) is 6.05. The van der Waals surface area contributed by atoms with Crippen LogP contribution in [0.5, 0.6) is 0 Å². The van der Waals surface area contributed by atoms with Crippen LogP contribution in [0, 0.1) is 11.8 Å². The Morgan fingerprint density at radius 1 is 1.39 bits per heavy atom. The van der Waals surface area contributed by atoms with Crippen LogP contribution in [0.2, 0.25) is 0 Å². The number of ether oxygens (including phenoxy) is 1. The van der Waals surface area contributed by atoms with Gasteiger partial charge < -0.3 is 15.0 Å². The summed E-state index contributed by atoms with van der Waals surface area (Å²) in [7, 11) is 1.42. The molecule has 2 saturated heterocycles. The summed E-state index contributed by atoms with van der Waals surface area (Å²) in [6, 6.07) is 0. The molecule has 0 saturated carbocycles. The second kappa shape index (κ2) is 8.22. The highest BCUT2D eigenvalue weighted by Gasteiger charge is 2.23. The normalized spacial score (nSPS) is 23.8. The molecular formula is C17H27N3O2S. The smallest absolute Gasteiger partial charge is 0.349 e. The Morgan fingerprint density at radius 2 is 2.22 bits per heavy atom. The molecule has 128 valence electrons. The predicted molar refractivity (Wildman–Crippen MR) is 91.9 cm³/mol. The topological polar surface area (TPSA) is 54.5 Å². The fraction of sp³-hybridized carbons (Fsp3) is 0.765. The van der Waals surface area contributed by atoms with Crippen LogP contribution >= 0.6 is 11.3 Å². The molecule has 0 aliphatic carbocycles. The van der Waals surface area contributed by atoms with E-state index in [1.54, 1.807) is 6.20 Å². The van der Waals surface area contributed by atoms with Crippen molar-refractivity contribution >= 4 is 17.3 Å². The zero-order chi connectivity index (χ0) is 16.1. The summed E-state index contributed by atoms with van der Waals surface area (Å²) in [4.78, 5) is 19.1. The summed E-state index contributed by atoms with van der Waals surface area (Å²) in [5.74, 6) is 1.26. The van der Waals surface area contributed by atoms with Crippen LogP contribution in [-0.2, 0) is 11.2 Å². The Bertz CT molecular complexity index is 506. The van der Waals surface area contributed by atoms with Gasteiger partial charge in [0.1, 0.15) is 4.88 Å². The predicted octanol–water partition coefficient (Wildman–Crippen LogP) is 2.18. The molecule has 1 aromatic rings. The van der Waals surface area contributed by atoms with Crippen LogP contribution < -0.4 is 5.32 Å². The maximum Gasteiger partial charge on any atom is 0.349 e. The summed E-state index contributed by atoms with van der Waals surface area (Å²) < 4.78 is 4.75. The van der Waals surface area contributed by atoms with Crippen LogP contribution in [0.3, 0.4) is 0 Å². The molecule has 2 aliphatic heterocycles. The number of piperidine rings is 2. The minimum absolute atomic E-state index is 0.273. The zero-order valence-corrected chi connectivity index (χ0v) is 14.7. The van der Waals surface area contributed by atoms with Gasteiger partial charge in [0.25, 0.3) is 0 Å². The number of aromatic nitrogens is 1. The van der Waals surface area contributed by atoms with Crippen LogP contribution in [-0.4, -0.2) is 55.7 Å². The molecule has 0 bridgehead atoms. The van der Waals surface area contributed by atoms with Crippen molar-refractivity contribution in [3.8, 4) is 0 Å². The number of esters is 1. The van der Waals surface area contributed by atoms with Crippen molar-refractivity contribution in [1.29, 1.82) is 0 Å². The van der Waals surface area contributed by atoms with E-state index >= 15 is 0 Å². The largest absolute Gasteiger partial charge is 0.465 e. The first-order valence-corrected chi connectivity index (χ1v) is 9.52. The molecule has 3 rings (SSSR count). The Morgan fingerprint density at radius 3 is 2.91 bits per heavy atom. The average molecular weight is 337 g/mol. The molecule has 1 aromatic heterocycles. The molecular weight excluding hydrogens is 310 g/mol. The number of methoxy groups -OCH3 is 1. The molecule has 1 N–H and O–H groups in total. The Labute approximate surface area is 142 Å². The lowest BCUT2D eigenvalue weighted by molar-refractivity contribution is 0.0606. The van der Waals surface area contributed by atoms with E-state index in [2.05, 4.69) is 15.2 Å². The van der Waals surface area contributed by atoms with Crippen molar-refractivity contribution in [1.82, 2.24) is 15.2 Å². The summed E-state index contributed by atoms with van der Waals surface area (Å²) in [5.41, 5.74) is 0. The third kappa shape index (κ3) is 4.75. The monoisotopic (exact) mass is 337 g/mol. The third-order valence-corrected chi connectivity index (χ3v) is 6.03. The molecule has 23 heavy (non-hydrogen) atoms. The van der Waals surface area contributed by atoms with Crippen molar-refractivity contribution in [2.45, 2.75) is 32.1 Å². The number of nitrogens with one attached hydrogen (secondary N) is 1. The fourth-order valence-electron chi connectivity index (χ4n) is 3.66. The standard InChI is InChI=1S/C17H27N3O2S/c1-22-17(21)15-11-19-16(23-15)9-13-4-7-20(8-5-13)12-14-3-2-6-18-10-14/h11,13-14,18H,2-10,12H2,1H3. The second-order valence-electron chi connectivity index (χ2n) is 6.77. The average Bonchev–Trinajstić information content (AvgIpc) is 3.05. The van der Waals surface area contributed by atoms with Gasteiger partial charge in [-0.1, -0.05) is 0 Å². The molecule has 0 radical (unpaired) electrons. The van der Waals surface area contributed by atoms with Gasteiger partial charge >= 0.3 is 5.97 Å². The van der Waals surface area contributed by atoms with Gasteiger partial charge in [0.2, 0.25) is 0 Å². The van der Waals surface area contributed by atoms with Gasteiger partial charge in [-0.2, -0.15) is 0 Å². The summed E-state index contributed by atoms with van der Waals surface area (Å²) >= 11 is 1.48. The van der Waals surface area contributed by atoms with Gasteiger partial charge in [0.05, 0.1) is 18.3 Å². The van der Waals surface area contributed by atoms with Crippen LogP contribution in [0.15, 0.2) is 6.20 Å². The van der Waals surface area contributed by atoms with E-state index in [0.717, 1.165) is 17.3 Å². The summed E-state index contributed by atoms with van der Waals surface area (Å²) in [6.07, 6.45) is 7.84. The number of carbonyl (C=O) groups is 1. The van der Waals surface area contributed by atoms with E-state index in [0.29, 0.717) is 10.8 Å². The van der Waals surface area contributed by atoms with Gasteiger partial charge in [-0.25, -0.2) is 9.78 Å². The van der Waals surface area contributed by atoms with E-state index < -0.39 is 0 Å². The van der Waals surface area contributed by atoms with Gasteiger partial charge in [-0.05, 0) is 63.7 Å². The minimum Gasteiger partial charge on any atom is -0.465 e. The van der Waals surface area contributed by atoms with E-state index in [9.17, 15) is 4.79 Å². The van der Waals surface area contributed by atoms with E-state index in [-0.39, 0.29) is 5.97 Å². The highest BCUT2D eigenvalue weighted by Crippen LogP contribution is 2.25. The van der Waals surface area contributed by atoms with Crippen molar-refractivity contribution in [2.75, 3.05) is 39.8 Å². The maximum absolute atomic E-state index is 11.5. The summed E-state index contributed by atoms with van der Waals surface area (Å²) in [5, 5.41) is 4.58. The number of carbonyl (C=O) groups excluding carboxylic acids is 1. The van der Waals surface area contributed by atoms with Gasteiger partial charge in [-0.15, -0.1) is 11.3 Å². The molecule has 0 aromatic carbocycles. The van der Waals surface area contributed by atoms with Gasteiger partial charge in [0.15, 0.2) is 0 Å². The quantitative estimate of drug-likeness (QED) is 0.835. The molecule has 6 heteroatoms. The van der Waals surface area contributed by atoms with Crippen molar-refractivity contribution in [3.63, 3.8) is 0 Å². The lowest BCUT2D eigenvalue weighted by atomic mass is 9.92. The van der Waals surface area contributed by atoms with Crippen LogP contribution in [0.1, 0.15) is 40.4 Å². The van der Waals surface area contributed by atoms with Gasteiger partial charge in [0, 0.05) is 13.0 Å². The second-order valence-corrected chi connectivity index (χ2v) is 7.89. The molecule has 0 amide bonds. The third-order valence-electron chi connectivity index (χ3n) is 5.03. The van der Waals surface area contributed by atoms with E-state index in [1.807, 2.05) is 0 Å². The Hall–Kier alpha value is -0.980. The molecule has 5 nitrogen and oxygen atoms in total. The molecule has 2 fully saturated rings. The zero-order valence-electron chi connectivity index (χ0n) is 13.9. The highest BCUT2D eigenvalue weighted by molar-refractivity contribution is 7.13. The first-order chi connectivity index (χ1) is 11.2. The number of thiazole rings is 1. The van der Waals surface area contributed by atoms with Gasteiger partial charge in [-0.3, -0.25) is 0 Å². The first-order valence-electron chi connectivity index (χ1n) is 8.70. The molecule has 0 spiro atoms. The number of likely N-dealkylation sites (tertiary alicyclic amines) is 1. The Balaban J connectivity index is 1.42. The van der Waals surface area contributed by atoms with E-state index in [4.69, 9.17) is 4.74 Å². The number of nitrogens with zero attached hydrogens (tertiary/aromatic N) is 2. The maximum atomic E-state index is 11.5. The first kappa shape index (κ1) is 16.9. The SMILES string of the molecule is COC(=O)c1cnc(CC2CCN(CC3CCCNC3)CC2)s1. The lowest BCUT2D eigenvalue weighted by Crippen LogP contribution is -2.42. The number of rotatable bonds is 5. The van der Waals surface area contributed by atoms with Crippen molar-refractivity contribution < 1.29 is 9.53 Å².